The summed E-state index contributed by atoms with van der Waals surface area (Å²) in [6, 6.07) is 1.35. The SMILES string of the molecule is CC(CN(C)C(=O)Nc1ccnn1C(C)(C)C)C(=O)O. The highest BCUT2D eigenvalue weighted by Crippen LogP contribution is 2.19. The van der Waals surface area contributed by atoms with Crippen molar-refractivity contribution in [1.29, 1.82) is 0 Å². The molecular formula is C13H22N4O3. The number of amides is 2. The fraction of sp³-hybridized carbons (Fsp3) is 0.615. The first-order valence-electron chi connectivity index (χ1n) is 6.42. The average Bonchev–Trinajstić information content (AvgIpc) is 2.76. The standard InChI is InChI=1S/C13H22N4O3/c1-9(11(18)19)8-16(5)12(20)15-10-6-7-14-17(10)13(2,3)4/h6-7,9H,8H2,1-5H3,(H,15,20)(H,18,19). The third kappa shape index (κ3) is 3.97. The number of hydrogen-bond donors (Lipinski definition) is 2. The van der Waals surface area contributed by atoms with E-state index >= 15 is 0 Å². The van der Waals surface area contributed by atoms with Gasteiger partial charge >= 0.3 is 12.0 Å². The summed E-state index contributed by atoms with van der Waals surface area (Å²) in [5.74, 6) is -0.958. The summed E-state index contributed by atoms with van der Waals surface area (Å²) >= 11 is 0. The molecule has 0 fully saturated rings. The van der Waals surface area contributed by atoms with E-state index in [0.29, 0.717) is 5.82 Å². The molecule has 0 aliphatic rings. The highest BCUT2D eigenvalue weighted by Gasteiger charge is 2.21. The maximum Gasteiger partial charge on any atom is 0.322 e. The molecule has 0 radical (unpaired) electrons. The quantitative estimate of drug-likeness (QED) is 0.881. The molecule has 20 heavy (non-hydrogen) atoms. The van der Waals surface area contributed by atoms with Crippen molar-refractivity contribution in [3.63, 3.8) is 0 Å². The van der Waals surface area contributed by atoms with E-state index in [1.165, 1.54) is 4.90 Å². The number of carboxylic acids is 1. The molecule has 0 spiro atoms. The van der Waals surface area contributed by atoms with Gasteiger partial charge in [-0.3, -0.25) is 10.1 Å². The third-order valence-corrected chi connectivity index (χ3v) is 2.83. The molecule has 7 nitrogen and oxygen atoms in total. The van der Waals surface area contributed by atoms with E-state index in [1.54, 1.807) is 30.9 Å². The lowest BCUT2D eigenvalue weighted by Crippen LogP contribution is -2.38. The van der Waals surface area contributed by atoms with Crippen LogP contribution in [0.4, 0.5) is 10.6 Å². The van der Waals surface area contributed by atoms with Crippen molar-refractivity contribution in [2.24, 2.45) is 5.92 Å². The molecule has 0 bridgehead atoms. The number of rotatable bonds is 4. The van der Waals surface area contributed by atoms with E-state index < -0.39 is 11.9 Å². The number of carbonyl (C=O) groups is 2. The van der Waals surface area contributed by atoms with Crippen LogP contribution >= 0.6 is 0 Å². The van der Waals surface area contributed by atoms with Crippen LogP contribution in [0.2, 0.25) is 0 Å². The Hall–Kier alpha value is -2.05. The molecule has 0 aliphatic heterocycles. The fourth-order valence-corrected chi connectivity index (χ4v) is 1.71. The van der Waals surface area contributed by atoms with Gasteiger partial charge < -0.3 is 10.0 Å². The van der Waals surface area contributed by atoms with Gasteiger partial charge in [-0.25, -0.2) is 9.48 Å². The molecule has 2 amide bonds. The van der Waals surface area contributed by atoms with E-state index in [-0.39, 0.29) is 18.1 Å². The highest BCUT2D eigenvalue weighted by atomic mass is 16.4. The van der Waals surface area contributed by atoms with Crippen LogP contribution in [0.25, 0.3) is 0 Å². The molecule has 0 aliphatic carbocycles. The number of anilines is 1. The van der Waals surface area contributed by atoms with E-state index in [1.807, 2.05) is 20.8 Å². The maximum atomic E-state index is 12.0. The topological polar surface area (TPSA) is 87.5 Å². The van der Waals surface area contributed by atoms with Crippen molar-refractivity contribution in [1.82, 2.24) is 14.7 Å². The molecule has 7 heteroatoms. The lowest BCUT2D eigenvalue weighted by Gasteiger charge is -2.24. The van der Waals surface area contributed by atoms with Gasteiger partial charge in [0.1, 0.15) is 5.82 Å². The second kappa shape index (κ2) is 5.94. The van der Waals surface area contributed by atoms with E-state index in [0.717, 1.165) is 0 Å². The van der Waals surface area contributed by atoms with Crippen LogP contribution in [0.15, 0.2) is 12.3 Å². The van der Waals surface area contributed by atoms with Crippen molar-refractivity contribution >= 4 is 17.8 Å². The number of aliphatic carboxylic acids is 1. The van der Waals surface area contributed by atoms with Crippen LogP contribution in [-0.2, 0) is 10.3 Å². The Morgan fingerprint density at radius 1 is 1.50 bits per heavy atom. The van der Waals surface area contributed by atoms with Crippen molar-refractivity contribution in [3.05, 3.63) is 12.3 Å². The van der Waals surface area contributed by atoms with Gasteiger partial charge in [0.2, 0.25) is 0 Å². The van der Waals surface area contributed by atoms with Crippen molar-refractivity contribution < 1.29 is 14.7 Å². The summed E-state index contributed by atoms with van der Waals surface area (Å²) in [6.45, 7) is 7.64. The molecule has 1 aromatic rings. The number of carboxylic acid groups (broad SMARTS) is 1. The zero-order chi connectivity index (χ0) is 15.5. The summed E-state index contributed by atoms with van der Waals surface area (Å²) < 4.78 is 1.71. The number of nitrogens with zero attached hydrogens (tertiary/aromatic N) is 3. The van der Waals surface area contributed by atoms with Gasteiger partial charge in [0, 0.05) is 19.7 Å². The van der Waals surface area contributed by atoms with Crippen LogP contribution in [0.3, 0.4) is 0 Å². The summed E-state index contributed by atoms with van der Waals surface area (Å²) in [5, 5.41) is 15.8. The molecule has 1 unspecified atom stereocenters. The molecular weight excluding hydrogens is 260 g/mol. The number of urea groups is 1. The van der Waals surface area contributed by atoms with Crippen LogP contribution in [0.5, 0.6) is 0 Å². The zero-order valence-electron chi connectivity index (χ0n) is 12.5. The van der Waals surface area contributed by atoms with Crippen molar-refractivity contribution in [2.75, 3.05) is 18.9 Å². The van der Waals surface area contributed by atoms with Crippen molar-refractivity contribution in [3.8, 4) is 0 Å². The van der Waals surface area contributed by atoms with Crippen molar-refractivity contribution in [2.45, 2.75) is 33.2 Å². The molecule has 0 aromatic carbocycles. The van der Waals surface area contributed by atoms with Gasteiger partial charge in [0.15, 0.2) is 0 Å². The number of hydrogen-bond acceptors (Lipinski definition) is 3. The van der Waals surface area contributed by atoms with Crippen LogP contribution in [0, 0.1) is 5.92 Å². The molecule has 1 heterocycles. The predicted octanol–water partition coefficient (Wildman–Crippen LogP) is 1.82. The molecule has 2 N–H and O–H groups in total. The number of aromatic nitrogens is 2. The zero-order valence-corrected chi connectivity index (χ0v) is 12.5. The Balaban J connectivity index is 2.72. The van der Waals surface area contributed by atoms with Crippen LogP contribution in [-0.4, -0.2) is 45.4 Å². The van der Waals surface area contributed by atoms with Crippen LogP contribution in [0.1, 0.15) is 27.7 Å². The van der Waals surface area contributed by atoms with Gasteiger partial charge in [-0.15, -0.1) is 0 Å². The largest absolute Gasteiger partial charge is 0.481 e. The average molecular weight is 282 g/mol. The molecule has 112 valence electrons. The van der Waals surface area contributed by atoms with E-state index in [2.05, 4.69) is 10.4 Å². The molecule has 1 rings (SSSR count). The van der Waals surface area contributed by atoms with Gasteiger partial charge in [0.25, 0.3) is 0 Å². The molecule has 1 aromatic heterocycles. The molecule has 1 atom stereocenters. The third-order valence-electron chi connectivity index (χ3n) is 2.83. The summed E-state index contributed by atoms with van der Waals surface area (Å²) in [7, 11) is 1.56. The number of carbonyl (C=O) groups excluding carboxylic acids is 1. The first-order chi connectivity index (χ1) is 9.12. The van der Waals surface area contributed by atoms with Gasteiger partial charge in [-0.2, -0.15) is 5.10 Å². The first-order valence-corrected chi connectivity index (χ1v) is 6.42. The minimum atomic E-state index is -0.926. The summed E-state index contributed by atoms with van der Waals surface area (Å²) in [6.07, 6.45) is 1.61. The lowest BCUT2D eigenvalue weighted by atomic mass is 10.1. The smallest absolute Gasteiger partial charge is 0.322 e. The fourth-order valence-electron chi connectivity index (χ4n) is 1.71. The Labute approximate surface area is 118 Å². The Morgan fingerprint density at radius 3 is 2.60 bits per heavy atom. The minimum absolute atomic E-state index is 0.144. The highest BCUT2D eigenvalue weighted by molar-refractivity contribution is 5.88. The minimum Gasteiger partial charge on any atom is -0.481 e. The lowest BCUT2D eigenvalue weighted by molar-refractivity contribution is -0.141. The Bertz CT molecular complexity index is 490. The van der Waals surface area contributed by atoms with Crippen LogP contribution < -0.4 is 5.32 Å². The normalized spacial score (nSPS) is 12.8. The van der Waals surface area contributed by atoms with Gasteiger partial charge in [0.05, 0.1) is 17.7 Å². The van der Waals surface area contributed by atoms with E-state index in [9.17, 15) is 9.59 Å². The molecule has 0 saturated heterocycles. The second-order valence-corrected chi connectivity index (χ2v) is 5.85. The summed E-state index contributed by atoms with van der Waals surface area (Å²) in [5.41, 5.74) is -0.251. The first kappa shape index (κ1) is 16.0. The Morgan fingerprint density at radius 2 is 2.10 bits per heavy atom. The number of nitrogens with one attached hydrogen (secondary N) is 1. The van der Waals surface area contributed by atoms with Gasteiger partial charge in [-0.1, -0.05) is 6.92 Å². The monoisotopic (exact) mass is 282 g/mol. The van der Waals surface area contributed by atoms with E-state index in [4.69, 9.17) is 5.11 Å². The maximum absolute atomic E-state index is 12.0. The predicted molar refractivity (Wildman–Crippen MR) is 75.7 cm³/mol. The van der Waals surface area contributed by atoms with Gasteiger partial charge in [-0.05, 0) is 20.8 Å². The Kier molecular flexibility index (Phi) is 4.75. The second-order valence-electron chi connectivity index (χ2n) is 5.85. The molecule has 0 saturated carbocycles. The summed E-state index contributed by atoms with van der Waals surface area (Å²) in [4.78, 5) is 24.2.